The fourth-order valence-electron chi connectivity index (χ4n) is 1.79. The van der Waals surface area contributed by atoms with Crippen LogP contribution in [0.1, 0.15) is 72.3 Å². The number of hydrogen-bond donors (Lipinski definition) is 1. The Bertz CT molecular complexity index is 320. The fourth-order valence-corrected chi connectivity index (χ4v) is 1.95. The highest BCUT2D eigenvalue weighted by molar-refractivity contribution is 7.96. The lowest BCUT2D eigenvalue weighted by atomic mass is 10.0. The van der Waals surface area contributed by atoms with Gasteiger partial charge in [0.05, 0.1) is 0 Å². The zero-order chi connectivity index (χ0) is 16.5. The molecule has 0 spiro atoms. The van der Waals surface area contributed by atoms with Crippen LogP contribution in [0.4, 0.5) is 0 Å². The summed E-state index contributed by atoms with van der Waals surface area (Å²) >= 11 is 3.66. The molecule has 1 nitrogen and oxygen atoms in total. The molecule has 0 aliphatic rings. The van der Waals surface area contributed by atoms with E-state index in [1.54, 1.807) is 0 Å². The van der Waals surface area contributed by atoms with Crippen LogP contribution in [0.2, 0.25) is 0 Å². The van der Waals surface area contributed by atoms with Crippen LogP contribution in [0.5, 0.6) is 0 Å². The second-order valence-electron chi connectivity index (χ2n) is 5.29. The van der Waals surface area contributed by atoms with Crippen molar-refractivity contribution >= 4 is 17.7 Å². The molecule has 1 aromatic rings. The van der Waals surface area contributed by atoms with Gasteiger partial charge in [-0.2, -0.15) is 0 Å². The molecule has 0 saturated carbocycles. The summed E-state index contributed by atoms with van der Waals surface area (Å²) in [5, 5.41) is 0.0195. The van der Waals surface area contributed by atoms with Gasteiger partial charge in [-0.1, -0.05) is 84.2 Å². The zero-order valence-electron chi connectivity index (χ0n) is 14.6. The Balaban J connectivity index is 0. The van der Waals surface area contributed by atoms with E-state index in [-0.39, 0.29) is 5.12 Å². The molecule has 122 valence electrons. The van der Waals surface area contributed by atoms with Crippen LogP contribution < -0.4 is 0 Å². The quantitative estimate of drug-likeness (QED) is 0.460. The van der Waals surface area contributed by atoms with Gasteiger partial charge >= 0.3 is 0 Å². The zero-order valence-corrected chi connectivity index (χ0v) is 15.5. The summed E-state index contributed by atoms with van der Waals surface area (Å²) in [6.45, 7) is 10.6. The molecule has 0 bridgehead atoms. The average molecular weight is 311 g/mol. The summed E-state index contributed by atoms with van der Waals surface area (Å²) in [4.78, 5) is 10.3. The van der Waals surface area contributed by atoms with Crippen molar-refractivity contribution < 1.29 is 4.79 Å². The van der Waals surface area contributed by atoms with Crippen LogP contribution in [0.15, 0.2) is 30.3 Å². The van der Waals surface area contributed by atoms with E-state index in [2.05, 4.69) is 63.7 Å². The van der Waals surface area contributed by atoms with Gasteiger partial charge in [-0.05, 0) is 24.3 Å². The van der Waals surface area contributed by atoms with Crippen molar-refractivity contribution in [2.24, 2.45) is 5.92 Å². The molecule has 1 aromatic carbocycles. The average Bonchev–Trinajstić information content (AvgIpc) is 2.47. The van der Waals surface area contributed by atoms with Gasteiger partial charge in [0.25, 0.3) is 0 Å². The molecule has 0 saturated heterocycles. The van der Waals surface area contributed by atoms with Crippen molar-refractivity contribution in [3.8, 4) is 0 Å². The molecule has 0 atom stereocenters. The van der Waals surface area contributed by atoms with E-state index >= 15 is 0 Å². The van der Waals surface area contributed by atoms with Crippen molar-refractivity contribution in [2.45, 2.75) is 73.1 Å². The first kappa shape index (κ1) is 22.5. The van der Waals surface area contributed by atoms with Gasteiger partial charge in [-0.25, -0.2) is 0 Å². The lowest BCUT2D eigenvalue weighted by Gasteiger charge is -2.02. The molecule has 0 aliphatic heterocycles. The van der Waals surface area contributed by atoms with E-state index < -0.39 is 0 Å². The van der Waals surface area contributed by atoms with Crippen LogP contribution in [0.3, 0.4) is 0 Å². The Labute approximate surface area is 138 Å². The van der Waals surface area contributed by atoms with Gasteiger partial charge in [0, 0.05) is 6.42 Å². The molecule has 0 heterocycles. The maximum atomic E-state index is 10.3. The topological polar surface area (TPSA) is 17.1 Å². The third-order valence-corrected chi connectivity index (χ3v) is 2.95. The minimum Gasteiger partial charge on any atom is -0.288 e. The summed E-state index contributed by atoms with van der Waals surface area (Å²) in [7, 11) is 0. The standard InChI is InChI=1S/C10H14.C7H14OS.C2H6/c1-9(2)8-10-6-4-3-5-7-10;1-2-3-4-5-6-7(8)9;1-2/h3-7,9H,8H2,1-2H3;2-6H2,1H3,(H,8,9);1-2H3. The highest BCUT2D eigenvalue weighted by Crippen LogP contribution is 2.06. The third-order valence-electron chi connectivity index (χ3n) is 2.73. The number of hydrogen-bond acceptors (Lipinski definition) is 1. The molecule has 0 aliphatic carbocycles. The largest absolute Gasteiger partial charge is 0.288 e. The minimum absolute atomic E-state index is 0.0195. The van der Waals surface area contributed by atoms with Crippen LogP contribution in [0, 0.1) is 5.92 Å². The highest BCUT2D eigenvalue weighted by Gasteiger charge is 1.94. The van der Waals surface area contributed by atoms with Gasteiger partial charge in [0.15, 0.2) is 5.12 Å². The number of thiol groups is 1. The Hall–Kier alpha value is -0.760. The van der Waals surface area contributed by atoms with Gasteiger partial charge < -0.3 is 0 Å². The number of benzene rings is 1. The first-order valence-corrected chi connectivity index (χ1v) is 8.76. The molecule has 0 N–H and O–H groups in total. The van der Waals surface area contributed by atoms with Gasteiger partial charge in [0.2, 0.25) is 0 Å². The van der Waals surface area contributed by atoms with Crippen molar-refractivity contribution in [3.63, 3.8) is 0 Å². The normalized spacial score (nSPS) is 9.29. The smallest absolute Gasteiger partial charge is 0.185 e. The lowest BCUT2D eigenvalue weighted by Crippen LogP contribution is -1.92. The predicted octanol–water partition coefficient (Wildman–Crippen LogP) is 6.32. The molecule has 21 heavy (non-hydrogen) atoms. The number of carbonyl (C=O) groups is 1. The Morgan fingerprint density at radius 3 is 2.05 bits per heavy atom. The van der Waals surface area contributed by atoms with E-state index in [0.29, 0.717) is 6.42 Å². The number of rotatable bonds is 7. The summed E-state index contributed by atoms with van der Waals surface area (Å²) in [6.07, 6.45) is 6.48. The Kier molecular flexibility index (Phi) is 18.5. The van der Waals surface area contributed by atoms with E-state index in [4.69, 9.17) is 0 Å². The third kappa shape index (κ3) is 19.2. The first-order chi connectivity index (χ1) is 10.1. The molecule has 0 fully saturated rings. The Morgan fingerprint density at radius 1 is 1.05 bits per heavy atom. The predicted molar refractivity (Wildman–Crippen MR) is 99.1 cm³/mol. The molecule has 0 radical (unpaired) electrons. The van der Waals surface area contributed by atoms with Gasteiger partial charge in [-0.3, -0.25) is 4.79 Å². The van der Waals surface area contributed by atoms with E-state index in [1.165, 1.54) is 31.2 Å². The molecule has 0 unspecified atom stereocenters. The molecule has 1 rings (SSSR count). The van der Waals surface area contributed by atoms with Crippen molar-refractivity contribution in [1.82, 2.24) is 0 Å². The minimum atomic E-state index is 0.0195. The summed E-state index contributed by atoms with van der Waals surface area (Å²) < 4.78 is 0. The van der Waals surface area contributed by atoms with Crippen molar-refractivity contribution in [3.05, 3.63) is 35.9 Å². The molecule has 0 aromatic heterocycles. The highest BCUT2D eigenvalue weighted by atomic mass is 32.1. The van der Waals surface area contributed by atoms with Crippen LogP contribution in [0.25, 0.3) is 0 Å². The van der Waals surface area contributed by atoms with Gasteiger partial charge in [-0.15, -0.1) is 12.6 Å². The molecule has 2 heteroatoms. The molecular formula is C19H34OS. The van der Waals surface area contributed by atoms with E-state index in [9.17, 15) is 4.79 Å². The monoisotopic (exact) mass is 310 g/mol. The summed E-state index contributed by atoms with van der Waals surface area (Å²) in [6, 6.07) is 10.6. The van der Waals surface area contributed by atoms with Gasteiger partial charge in [0.1, 0.15) is 0 Å². The maximum Gasteiger partial charge on any atom is 0.185 e. The molecule has 0 amide bonds. The van der Waals surface area contributed by atoms with Crippen LogP contribution >= 0.6 is 12.6 Å². The van der Waals surface area contributed by atoms with E-state index in [0.717, 1.165) is 12.3 Å². The van der Waals surface area contributed by atoms with Crippen molar-refractivity contribution in [2.75, 3.05) is 0 Å². The number of unbranched alkanes of at least 4 members (excludes halogenated alkanes) is 3. The van der Waals surface area contributed by atoms with Crippen LogP contribution in [-0.2, 0) is 11.2 Å². The van der Waals surface area contributed by atoms with Crippen LogP contribution in [-0.4, -0.2) is 5.12 Å². The maximum absolute atomic E-state index is 10.3. The summed E-state index contributed by atoms with van der Waals surface area (Å²) in [5.74, 6) is 0.766. The van der Waals surface area contributed by atoms with Crippen molar-refractivity contribution in [1.29, 1.82) is 0 Å². The second kappa shape index (κ2) is 17.3. The second-order valence-corrected chi connectivity index (χ2v) is 5.79. The fraction of sp³-hybridized carbons (Fsp3) is 0.632. The Morgan fingerprint density at radius 2 is 1.62 bits per heavy atom. The first-order valence-electron chi connectivity index (χ1n) is 8.32. The lowest BCUT2D eigenvalue weighted by molar-refractivity contribution is -0.110. The summed E-state index contributed by atoms with van der Waals surface area (Å²) in [5.41, 5.74) is 1.44. The SMILES string of the molecule is CC.CC(C)Cc1ccccc1.CCCCCCC(=O)S. The van der Waals surface area contributed by atoms with E-state index in [1.807, 2.05) is 13.8 Å². The molecular weight excluding hydrogens is 276 g/mol. The number of carbonyl (C=O) groups excluding carboxylic acids is 1.